The van der Waals surface area contributed by atoms with Gasteiger partial charge in [-0.05, 0) is 47.9 Å². The first kappa shape index (κ1) is 15.4. The molecule has 2 nitrogen and oxygen atoms in total. The third-order valence-corrected chi connectivity index (χ3v) is 3.10. The zero-order valence-electron chi connectivity index (χ0n) is 11.6. The van der Waals surface area contributed by atoms with Crippen LogP contribution in [0.15, 0.2) is 42.5 Å². The van der Waals surface area contributed by atoms with Crippen LogP contribution in [0.5, 0.6) is 5.75 Å². The lowest BCUT2D eigenvalue weighted by Gasteiger charge is -2.09. The van der Waals surface area contributed by atoms with E-state index in [-0.39, 0.29) is 11.6 Å². The number of alkyl halides is 2. The Bertz CT molecular complexity index is 585. The zero-order valence-corrected chi connectivity index (χ0v) is 11.6. The normalized spacial score (nSPS) is 10.9. The maximum Gasteiger partial charge on any atom is 0.387 e. The summed E-state index contributed by atoms with van der Waals surface area (Å²) in [4.78, 5) is 0. The van der Waals surface area contributed by atoms with Crippen LogP contribution in [-0.2, 0) is 13.1 Å². The maximum absolute atomic E-state index is 13.0. The van der Waals surface area contributed by atoms with E-state index >= 15 is 0 Å². The van der Waals surface area contributed by atoms with Crippen LogP contribution >= 0.6 is 0 Å². The Hall–Kier alpha value is -2.01. The van der Waals surface area contributed by atoms with Gasteiger partial charge in [0.25, 0.3) is 0 Å². The molecule has 0 aromatic heterocycles. The number of benzene rings is 2. The topological polar surface area (TPSA) is 21.3 Å². The standard InChI is InChI=1S/C16H16F3NO/c1-11-8-14(17)5-4-13(11)10-20-9-12-2-6-15(7-3-12)21-16(18)19/h2-8,16,20H,9-10H2,1H3. The van der Waals surface area contributed by atoms with E-state index in [1.54, 1.807) is 18.2 Å². The predicted octanol–water partition coefficient (Wildman–Crippen LogP) is 4.03. The van der Waals surface area contributed by atoms with E-state index in [0.717, 1.165) is 16.7 Å². The molecule has 2 aromatic rings. The molecule has 2 aromatic carbocycles. The van der Waals surface area contributed by atoms with E-state index in [9.17, 15) is 13.2 Å². The summed E-state index contributed by atoms with van der Waals surface area (Å²) in [5.74, 6) is -0.103. The van der Waals surface area contributed by atoms with Crippen LogP contribution < -0.4 is 10.1 Å². The molecule has 5 heteroatoms. The smallest absolute Gasteiger partial charge is 0.387 e. The minimum Gasteiger partial charge on any atom is -0.435 e. The van der Waals surface area contributed by atoms with E-state index in [1.807, 2.05) is 6.92 Å². The van der Waals surface area contributed by atoms with Crippen LogP contribution in [-0.4, -0.2) is 6.61 Å². The van der Waals surface area contributed by atoms with Gasteiger partial charge in [0.15, 0.2) is 0 Å². The molecule has 2 rings (SSSR count). The highest BCUT2D eigenvalue weighted by Crippen LogP contribution is 2.15. The maximum atomic E-state index is 13.0. The van der Waals surface area contributed by atoms with E-state index < -0.39 is 6.61 Å². The van der Waals surface area contributed by atoms with E-state index in [4.69, 9.17) is 0 Å². The molecule has 0 aliphatic heterocycles. The van der Waals surface area contributed by atoms with Crippen LogP contribution in [0.3, 0.4) is 0 Å². The van der Waals surface area contributed by atoms with Gasteiger partial charge in [-0.3, -0.25) is 0 Å². The fourth-order valence-electron chi connectivity index (χ4n) is 1.99. The van der Waals surface area contributed by atoms with Gasteiger partial charge in [0.1, 0.15) is 11.6 Å². The number of hydrogen-bond donors (Lipinski definition) is 1. The van der Waals surface area contributed by atoms with Crippen LogP contribution in [0.1, 0.15) is 16.7 Å². The van der Waals surface area contributed by atoms with Crippen LogP contribution in [0, 0.1) is 12.7 Å². The van der Waals surface area contributed by atoms with Gasteiger partial charge in [-0.1, -0.05) is 18.2 Å². The lowest BCUT2D eigenvalue weighted by atomic mass is 10.1. The van der Waals surface area contributed by atoms with Crippen molar-refractivity contribution >= 4 is 0 Å². The molecular weight excluding hydrogens is 279 g/mol. The Morgan fingerprint density at radius 3 is 2.38 bits per heavy atom. The lowest BCUT2D eigenvalue weighted by Crippen LogP contribution is -2.13. The molecule has 0 fully saturated rings. The van der Waals surface area contributed by atoms with Crippen LogP contribution in [0.25, 0.3) is 0 Å². The Morgan fingerprint density at radius 2 is 1.76 bits per heavy atom. The SMILES string of the molecule is Cc1cc(F)ccc1CNCc1ccc(OC(F)F)cc1. The molecule has 112 valence electrons. The monoisotopic (exact) mass is 295 g/mol. The number of halogens is 3. The first-order valence-electron chi connectivity index (χ1n) is 6.54. The van der Waals surface area contributed by atoms with Crippen molar-refractivity contribution in [3.63, 3.8) is 0 Å². The van der Waals surface area contributed by atoms with Gasteiger partial charge < -0.3 is 10.1 Å². The number of nitrogens with one attached hydrogen (secondary N) is 1. The van der Waals surface area contributed by atoms with Gasteiger partial charge in [0, 0.05) is 13.1 Å². The average Bonchev–Trinajstić information content (AvgIpc) is 2.42. The molecule has 0 aliphatic rings. The van der Waals surface area contributed by atoms with Crippen LogP contribution in [0.2, 0.25) is 0 Å². The first-order chi connectivity index (χ1) is 10.0. The molecule has 0 atom stereocenters. The quantitative estimate of drug-likeness (QED) is 0.869. The molecular formula is C16H16F3NO. The largest absolute Gasteiger partial charge is 0.435 e. The number of ether oxygens (including phenoxy) is 1. The molecule has 0 aliphatic carbocycles. The molecule has 0 saturated carbocycles. The van der Waals surface area contributed by atoms with Crippen molar-refractivity contribution in [3.8, 4) is 5.75 Å². The zero-order chi connectivity index (χ0) is 15.2. The molecule has 1 N–H and O–H groups in total. The van der Waals surface area contributed by atoms with Crippen molar-refractivity contribution in [3.05, 3.63) is 65.0 Å². The Morgan fingerprint density at radius 1 is 1.05 bits per heavy atom. The molecule has 0 unspecified atom stereocenters. The summed E-state index contributed by atoms with van der Waals surface area (Å²) >= 11 is 0. The minimum absolute atomic E-state index is 0.142. The summed E-state index contributed by atoms with van der Waals surface area (Å²) < 4.78 is 41.3. The second-order valence-corrected chi connectivity index (χ2v) is 4.70. The van der Waals surface area contributed by atoms with Gasteiger partial charge >= 0.3 is 6.61 Å². The summed E-state index contributed by atoms with van der Waals surface area (Å²) in [6.45, 7) is 0.249. The second-order valence-electron chi connectivity index (χ2n) is 4.70. The van der Waals surface area contributed by atoms with E-state index in [0.29, 0.717) is 13.1 Å². The van der Waals surface area contributed by atoms with Crippen molar-refractivity contribution in [2.75, 3.05) is 0 Å². The molecule has 0 radical (unpaired) electrons. The number of hydrogen-bond acceptors (Lipinski definition) is 2. The van der Waals surface area contributed by atoms with Gasteiger partial charge in [0.05, 0.1) is 0 Å². The van der Waals surface area contributed by atoms with Gasteiger partial charge in [-0.25, -0.2) is 4.39 Å². The Labute approximate surface area is 121 Å². The van der Waals surface area contributed by atoms with Crippen LogP contribution in [0.4, 0.5) is 13.2 Å². The summed E-state index contributed by atoms with van der Waals surface area (Å²) in [5.41, 5.74) is 2.87. The molecule has 0 bridgehead atoms. The van der Waals surface area contributed by atoms with E-state index in [2.05, 4.69) is 10.1 Å². The summed E-state index contributed by atoms with van der Waals surface area (Å²) in [7, 11) is 0. The third-order valence-electron chi connectivity index (χ3n) is 3.10. The Balaban J connectivity index is 1.85. The van der Waals surface area contributed by atoms with Gasteiger partial charge in [-0.2, -0.15) is 8.78 Å². The average molecular weight is 295 g/mol. The first-order valence-corrected chi connectivity index (χ1v) is 6.54. The number of aryl methyl sites for hydroxylation is 1. The molecule has 0 heterocycles. The molecule has 0 spiro atoms. The highest BCUT2D eigenvalue weighted by atomic mass is 19.3. The highest BCUT2D eigenvalue weighted by molar-refractivity contribution is 5.28. The highest BCUT2D eigenvalue weighted by Gasteiger charge is 2.04. The second kappa shape index (κ2) is 7.13. The van der Waals surface area contributed by atoms with Crippen molar-refractivity contribution < 1.29 is 17.9 Å². The van der Waals surface area contributed by atoms with Crippen molar-refractivity contribution in [2.24, 2.45) is 0 Å². The number of rotatable bonds is 6. The van der Waals surface area contributed by atoms with Crippen molar-refractivity contribution in [1.29, 1.82) is 0 Å². The van der Waals surface area contributed by atoms with Crippen molar-refractivity contribution in [2.45, 2.75) is 26.6 Å². The molecule has 0 saturated heterocycles. The van der Waals surface area contributed by atoms with Crippen molar-refractivity contribution in [1.82, 2.24) is 5.32 Å². The lowest BCUT2D eigenvalue weighted by molar-refractivity contribution is -0.0498. The summed E-state index contributed by atoms with van der Waals surface area (Å²) in [6, 6.07) is 11.1. The Kier molecular flexibility index (Phi) is 5.22. The van der Waals surface area contributed by atoms with Gasteiger partial charge in [0.2, 0.25) is 0 Å². The molecule has 21 heavy (non-hydrogen) atoms. The fraction of sp³-hybridized carbons (Fsp3) is 0.250. The molecule has 0 amide bonds. The minimum atomic E-state index is -2.81. The summed E-state index contributed by atoms with van der Waals surface area (Å²) in [6.07, 6.45) is 0. The van der Waals surface area contributed by atoms with E-state index in [1.165, 1.54) is 24.3 Å². The summed E-state index contributed by atoms with van der Waals surface area (Å²) in [5, 5.41) is 3.23. The fourth-order valence-corrected chi connectivity index (χ4v) is 1.99. The third kappa shape index (κ3) is 4.79. The van der Waals surface area contributed by atoms with Gasteiger partial charge in [-0.15, -0.1) is 0 Å². The predicted molar refractivity (Wildman–Crippen MR) is 74.8 cm³/mol.